The lowest BCUT2D eigenvalue weighted by Gasteiger charge is -2.39. The van der Waals surface area contributed by atoms with Crippen LogP contribution in [0.2, 0.25) is 0 Å². The summed E-state index contributed by atoms with van der Waals surface area (Å²) < 4.78 is 6.27. The number of carbonyl (C=O) groups excluding carboxylic acids is 1. The molecule has 176 valence electrons. The summed E-state index contributed by atoms with van der Waals surface area (Å²) in [6.07, 6.45) is 2.07. The van der Waals surface area contributed by atoms with Crippen LogP contribution in [-0.4, -0.2) is 51.9 Å². The Balaban J connectivity index is 1.18. The van der Waals surface area contributed by atoms with E-state index in [1.807, 2.05) is 36.1 Å². The van der Waals surface area contributed by atoms with Gasteiger partial charge < -0.3 is 25.6 Å². The van der Waals surface area contributed by atoms with E-state index in [0.717, 1.165) is 44.3 Å². The molecule has 2 aromatic rings. The molecular formula is C27H34N2O4. The molecule has 2 aliphatic carbocycles. The molecule has 2 saturated carbocycles. The Hall–Kier alpha value is -2.41. The number of carbonyl (C=O) groups is 1. The summed E-state index contributed by atoms with van der Waals surface area (Å²) in [4.78, 5) is 15.0. The van der Waals surface area contributed by atoms with Crippen LogP contribution in [0.15, 0.2) is 48.5 Å². The molecule has 5 rings (SSSR count). The molecule has 0 unspecified atom stereocenters. The fourth-order valence-corrected chi connectivity index (χ4v) is 6.23. The van der Waals surface area contributed by atoms with Crippen molar-refractivity contribution in [1.82, 2.24) is 4.90 Å². The number of aliphatic hydroxyl groups excluding tert-OH is 2. The number of aliphatic hydroxyl groups is 2. The highest BCUT2D eigenvalue weighted by Crippen LogP contribution is 2.52. The number of hydrogen-bond acceptors (Lipinski definition) is 5. The van der Waals surface area contributed by atoms with Crippen LogP contribution in [0.5, 0.6) is 5.75 Å². The fourth-order valence-electron chi connectivity index (χ4n) is 6.23. The third-order valence-electron chi connectivity index (χ3n) is 8.15. The number of fused-ring (bicyclic) bond motifs is 2. The Kier molecular flexibility index (Phi) is 5.93. The third kappa shape index (κ3) is 4.16. The number of amides is 1. The number of rotatable bonds is 5. The van der Waals surface area contributed by atoms with Gasteiger partial charge >= 0.3 is 0 Å². The summed E-state index contributed by atoms with van der Waals surface area (Å²) in [5.41, 5.74) is 8.43. The zero-order chi connectivity index (χ0) is 23.2. The molecule has 33 heavy (non-hydrogen) atoms. The lowest BCUT2D eigenvalue weighted by molar-refractivity contribution is -0.0910. The summed E-state index contributed by atoms with van der Waals surface area (Å²) in [6, 6.07) is 15.8. The van der Waals surface area contributed by atoms with Crippen LogP contribution >= 0.6 is 0 Å². The predicted octanol–water partition coefficient (Wildman–Crippen LogP) is 3.06. The number of likely N-dealkylation sites (tertiary alicyclic amines) is 1. The molecule has 5 atom stereocenters. The molecule has 4 N–H and O–H groups in total. The van der Waals surface area contributed by atoms with Gasteiger partial charge in [-0.25, -0.2) is 0 Å². The largest absolute Gasteiger partial charge is 0.487 e. The quantitative estimate of drug-likeness (QED) is 0.651. The van der Waals surface area contributed by atoms with E-state index >= 15 is 0 Å². The average molecular weight is 451 g/mol. The summed E-state index contributed by atoms with van der Waals surface area (Å²) >= 11 is 0. The van der Waals surface area contributed by atoms with Crippen LogP contribution in [0.4, 0.5) is 0 Å². The van der Waals surface area contributed by atoms with Gasteiger partial charge in [-0.1, -0.05) is 24.3 Å². The predicted molar refractivity (Wildman–Crippen MR) is 126 cm³/mol. The summed E-state index contributed by atoms with van der Waals surface area (Å²) in [5, 5.41) is 20.4. The average Bonchev–Trinajstić information content (AvgIpc) is 3.33. The zero-order valence-corrected chi connectivity index (χ0v) is 19.2. The smallest absolute Gasteiger partial charge is 0.253 e. The Bertz CT molecular complexity index is 999. The van der Waals surface area contributed by atoms with Crippen molar-refractivity contribution >= 4 is 5.91 Å². The number of hydrogen-bond donors (Lipinski definition) is 3. The molecule has 1 amide bonds. The van der Waals surface area contributed by atoms with E-state index in [4.69, 9.17) is 10.5 Å². The standard InChI is InChI=1S/C27H34N2O4/c1-27(15-21-14-23(27)25(31)24(21)30)33-22-7-5-19(6-8-22)26(32)29-11-9-18(10-12-29)20-4-2-3-17(13-20)16-28/h2-8,13,18,21,23-25,30-31H,9-12,14-16,28H2,1H3/t21-,23-,24+,25-,27+/m0/s1. The van der Waals surface area contributed by atoms with Gasteiger partial charge in [0.15, 0.2) is 0 Å². The van der Waals surface area contributed by atoms with Crippen molar-refractivity contribution in [2.75, 3.05) is 13.1 Å². The van der Waals surface area contributed by atoms with Gasteiger partial charge in [0.05, 0.1) is 12.2 Å². The van der Waals surface area contributed by atoms with E-state index in [2.05, 4.69) is 24.3 Å². The second-order valence-electron chi connectivity index (χ2n) is 10.2. The van der Waals surface area contributed by atoms with Crippen molar-refractivity contribution < 1.29 is 19.7 Å². The molecule has 2 aromatic carbocycles. The van der Waals surface area contributed by atoms with Crippen LogP contribution in [-0.2, 0) is 6.54 Å². The molecule has 1 saturated heterocycles. The number of benzene rings is 2. The molecule has 0 radical (unpaired) electrons. The summed E-state index contributed by atoms with van der Waals surface area (Å²) in [5.74, 6) is 1.25. The Labute approximate surface area is 195 Å². The minimum Gasteiger partial charge on any atom is -0.487 e. The first-order valence-corrected chi connectivity index (χ1v) is 12.1. The maximum Gasteiger partial charge on any atom is 0.253 e. The zero-order valence-electron chi connectivity index (χ0n) is 19.2. The molecule has 0 aromatic heterocycles. The van der Waals surface area contributed by atoms with Crippen LogP contribution in [0, 0.1) is 11.8 Å². The molecule has 2 bridgehead atoms. The van der Waals surface area contributed by atoms with Gasteiger partial charge in [0.25, 0.3) is 5.91 Å². The van der Waals surface area contributed by atoms with E-state index in [-0.39, 0.29) is 17.7 Å². The molecule has 1 aliphatic heterocycles. The lowest BCUT2D eigenvalue weighted by Crippen LogP contribution is -2.49. The molecule has 6 heteroatoms. The topological polar surface area (TPSA) is 96.0 Å². The molecular weight excluding hydrogens is 416 g/mol. The van der Waals surface area contributed by atoms with Gasteiger partial charge in [0.2, 0.25) is 0 Å². The number of nitrogens with two attached hydrogens (primary N) is 1. The number of piperidine rings is 1. The van der Waals surface area contributed by atoms with E-state index in [1.54, 1.807) is 0 Å². The van der Waals surface area contributed by atoms with Crippen molar-refractivity contribution in [1.29, 1.82) is 0 Å². The van der Waals surface area contributed by atoms with E-state index < -0.39 is 17.8 Å². The maximum atomic E-state index is 13.1. The Morgan fingerprint density at radius 1 is 1.12 bits per heavy atom. The summed E-state index contributed by atoms with van der Waals surface area (Å²) in [7, 11) is 0. The van der Waals surface area contributed by atoms with Gasteiger partial charge in [-0.2, -0.15) is 0 Å². The third-order valence-corrected chi connectivity index (χ3v) is 8.15. The van der Waals surface area contributed by atoms with Gasteiger partial charge in [0, 0.05) is 31.1 Å². The number of ether oxygens (including phenoxy) is 1. The molecule has 6 nitrogen and oxygen atoms in total. The van der Waals surface area contributed by atoms with Crippen LogP contribution < -0.4 is 10.5 Å². The Morgan fingerprint density at radius 2 is 1.85 bits per heavy atom. The first kappa shape index (κ1) is 22.4. The monoisotopic (exact) mass is 450 g/mol. The van der Waals surface area contributed by atoms with Crippen molar-refractivity contribution in [3.63, 3.8) is 0 Å². The minimum absolute atomic E-state index is 0.0559. The normalized spacial score (nSPS) is 31.7. The molecule has 3 aliphatic rings. The highest BCUT2D eigenvalue weighted by atomic mass is 16.5. The van der Waals surface area contributed by atoms with Crippen molar-refractivity contribution in [2.24, 2.45) is 17.6 Å². The molecule has 0 spiro atoms. The minimum atomic E-state index is -0.727. The van der Waals surface area contributed by atoms with Gasteiger partial charge in [-0.05, 0) is 79.8 Å². The van der Waals surface area contributed by atoms with Crippen molar-refractivity contribution in [2.45, 2.75) is 62.9 Å². The highest BCUT2D eigenvalue weighted by molar-refractivity contribution is 5.94. The van der Waals surface area contributed by atoms with E-state index in [0.29, 0.717) is 23.8 Å². The molecule has 1 heterocycles. The van der Waals surface area contributed by atoms with Crippen molar-refractivity contribution in [3.05, 3.63) is 65.2 Å². The summed E-state index contributed by atoms with van der Waals surface area (Å²) in [6.45, 7) is 4.05. The highest BCUT2D eigenvalue weighted by Gasteiger charge is 2.59. The first-order chi connectivity index (χ1) is 15.9. The van der Waals surface area contributed by atoms with Crippen LogP contribution in [0.1, 0.15) is 60.0 Å². The fraction of sp³-hybridized carbons (Fsp3) is 0.519. The van der Waals surface area contributed by atoms with Gasteiger partial charge in [-0.15, -0.1) is 0 Å². The molecule has 3 fully saturated rings. The van der Waals surface area contributed by atoms with Gasteiger partial charge in [-0.3, -0.25) is 4.79 Å². The van der Waals surface area contributed by atoms with E-state index in [1.165, 1.54) is 5.56 Å². The van der Waals surface area contributed by atoms with Gasteiger partial charge in [0.1, 0.15) is 11.4 Å². The van der Waals surface area contributed by atoms with Crippen LogP contribution in [0.25, 0.3) is 0 Å². The SMILES string of the molecule is C[C@@]1(Oc2ccc(C(=O)N3CCC(c4cccc(CN)c4)CC3)cc2)C[C@@H]2C[C@H]1[C@H](O)[C@@H]2O. The van der Waals surface area contributed by atoms with E-state index in [9.17, 15) is 15.0 Å². The van der Waals surface area contributed by atoms with Crippen molar-refractivity contribution in [3.8, 4) is 5.75 Å². The number of nitrogens with zero attached hydrogens (tertiary/aromatic N) is 1. The lowest BCUT2D eigenvalue weighted by atomic mass is 9.82. The second kappa shape index (κ2) is 8.75. The van der Waals surface area contributed by atoms with Crippen LogP contribution in [0.3, 0.4) is 0 Å². The Morgan fingerprint density at radius 3 is 2.48 bits per heavy atom. The maximum absolute atomic E-state index is 13.1. The first-order valence-electron chi connectivity index (χ1n) is 12.1. The second-order valence-corrected chi connectivity index (χ2v) is 10.2.